The van der Waals surface area contributed by atoms with E-state index < -0.39 is 0 Å². The lowest BCUT2D eigenvalue weighted by atomic mass is 9.90. The molecule has 1 atom stereocenters. The van der Waals surface area contributed by atoms with Crippen LogP contribution in [0.15, 0.2) is 24.3 Å². The molecular weight excluding hydrogens is 365 g/mol. The van der Waals surface area contributed by atoms with Gasteiger partial charge in [0.05, 0.1) is 5.92 Å². The van der Waals surface area contributed by atoms with Gasteiger partial charge >= 0.3 is 0 Å². The molecular formula is C16H16INO2. The number of hydrogen-bond acceptors (Lipinski definition) is 2. The molecule has 20 heavy (non-hydrogen) atoms. The predicted molar refractivity (Wildman–Crippen MR) is 86.6 cm³/mol. The topological polar surface area (TPSA) is 46.2 Å². The summed E-state index contributed by atoms with van der Waals surface area (Å²) < 4.78 is 1.13. The first-order valence-corrected chi connectivity index (χ1v) is 8.22. The first-order chi connectivity index (χ1) is 9.70. The first kappa shape index (κ1) is 15.0. The van der Waals surface area contributed by atoms with E-state index in [1.807, 2.05) is 24.3 Å². The van der Waals surface area contributed by atoms with Crippen molar-refractivity contribution < 1.29 is 9.59 Å². The lowest BCUT2D eigenvalue weighted by Gasteiger charge is -2.20. The molecule has 1 aromatic rings. The standard InChI is InChI=1S/C16H16INO2/c17-11-3-1-2-4-12-5-7-13(8-6-12)14-9-10-15(19)18-16(14)20/h5-8,14H,1,3,9-11H2,(H,18,19,20). The molecule has 2 rings (SSSR count). The van der Waals surface area contributed by atoms with Crippen LogP contribution in [0.1, 0.15) is 42.7 Å². The highest BCUT2D eigenvalue weighted by Crippen LogP contribution is 2.24. The smallest absolute Gasteiger partial charge is 0.234 e. The molecule has 1 aliphatic rings. The zero-order valence-electron chi connectivity index (χ0n) is 11.1. The van der Waals surface area contributed by atoms with Crippen LogP contribution in [0.4, 0.5) is 0 Å². The van der Waals surface area contributed by atoms with Gasteiger partial charge in [-0.3, -0.25) is 14.9 Å². The molecule has 0 radical (unpaired) electrons. The average Bonchev–Trinajstić information content (AvgIpc) is 2.45. The van der Waals surface area contributed by atoms with Crippen molar-refractivity contribution in [3.8, 4) is 11.8 Å². The summed E-state index contributed by atoms with van der Waals surface area (Å²) in [7, 11) is 0. The quantitative estimate of drug-likeness (QED) is 0.288. The number of piperidine rings is 1. The fraction of sp³-hybridized carbons (Fsp3) is 0.375. The highest BCUT2D eigenvalue weighted by atomic mass is 127. The van der Waals surface area contributed by atoms with Crippen LogP contribution in [0, 0.1) is 11.8 Å². The zero-order valence-corrected chi connectivity index (χ0v) is 13.3. The van der Waals surface area contributed by atoms with E-state index in [-0.39, 0.29) is 17.7 Å². The third-order valence-corrected chi connectivity index (χ3v) is 3.98. The number of carbonyl (C=O) groups excluding carboxylic acids is 2. The van der Waals surface area contributed by atoms with Crippen LogP contribution in [0.5, 0.6) is 0 Å². The van der Waals surface area contributed by atoms with Crippen molar-refractivity contribution in [1.29, 1.82) is 0 Å². The summed E-state index contributed by atoms with van der Waals surface area (Å²) in [6.07, 6.45) is 3.03. The highest BCUT2D eigenvalue weighted by molar-refractivity contribution is 14.1. The van der Waals surface area contributed by atoms with E-state index in [1.165, 1.54) is 0 Å². The fourth-order valence-corrected chi connectivity index (χ4v) is 2.51. The molecule has 104 valence electrons. The largest absolute Gasteiger partial charge is 0.296 e. The normalized spacial score (nSPS) is 18.1. The van der Waals surface area contributed by atoms with Crippen LogP contribution in [0.25, 0.3) is 0 Å². The maximum absolute atomic E-state index is 11.8. The molecule has 1 saturated heterocycles. The van der Waals surface area contributed by atoms with Gasteiger partial charge in [-0.05, 0) is 30.5 Å². The van der Waals surface area contributed by atoms with E-state index in [4.69, 9.17) is 0 Å². The summed E-state index contributed by atoms with van der Waals surface area (Å²) in [5, 5.41) is 2.38. The van der Waals surface area contributed by atoms with Gasteiger partial charge in [-0.2, -0.15) is 0 Å². The number of halogens is 1. The van der Waals surface area contributed by atoms with Crippen molar-refractivity contribution in [1.82, 2.24) is 5.32 Å². The second-order valence-electron chi connectivity index (χ2n) is 4.72. The number of benzene rings is 1. The minimum Gasteiger partial charge on any atom is -0.296 e. The molecule has 3 nitrogen and oxygen atoms in total. The lowest BCUT2D eigenvalue weighted by molar-refractivity contribution is -0.134. The van der Waals surface area contributed by atoms with E-state index in [0.29, 0.717) is 12.8 Å². The molecule has 0 spiro atoms. The Morgan fingerprint density at radius 1 is 1.25 bits per heavy atom. The molecule has 1 aliphatic heterocycles. The number of unbranched alkanes of at least 4 members (excludes halogenated alkanes) is 1. The van der Waals surface area contributed by atoms with Crippen LogP contribution < -0.4 is 5.32 Å². The molecule has 4 heteroatoms. The molecule has 2 amide bonds. The molecule has 0 aliphatic carbocycles. The molecule has 0 bridgehead atoms. The SMILES string of the molecule is O=C1CCC(c2ccc(C#CCCCI)cc2)C(=O)N1. The van der Waals surface area contributed by atoms with Crippen LogP contribution in [0.2, 0.25) is 0 Å². The summed E-state index contributed by atoms with van der Waals surface area (Å²) in [5.41, 5.74) is 1.92. The van der Waals surface area contributed by atoms with Crippen molar-refractivity contribution in [3.05, 3.63) is 35.4 Å². The van der Waals surface area contributed by atoms with Gasteiger partial charge in [-0.1, -0.05) is 46.6 Å². The molecule has 1 unspecified atom stereocenters. The maximum Gasteiger partial charge on any atom is 0.234 e. The average molecular weight is 381 g/mol. The van der Waals surface area contributed by atoms with Crippen LogP contribution >= 0.6 is 22.6 Å². The van der Waals surface area contributed by atoms with Crippen molar-refractivity contribution in [2.75, 3.05) is 4.43 Å². The summed E-state index contributed by atoms with van der Waals surface area (Å²) in [5.74, 6) is 5.67. The molecule has 1 aromatic carbocycles. The van der Waals surface area contributed by atoms with Crippen molar-refractivity contribution in [3.63, 3.8) is 0 Å². The van der Waals surface area contributed by atoms with Gasteiger partial charge in [-0.15, -0.1) is 0 Å². The summed E-state index contributed by atoms with van der Waals surface area (Å²) in [6.45, 7) is 0. The molecule has 1 heterocycles. The van der Waals surface area contributed by atoms with Gasteiger partial charge in [-0.25, -0.2) is 0 Å². The second-order valence-corrected chi connectivity index (χ2v) is 5.80. The number of carbonyl (C=O) groups is 2. The monoisotopic (exact) mass is 381 g/mol. The Bertz CT molecular complexity index is 554. The van der Waals surface area contributed by atoms with E-state index in [1.54, 1.807) is 0 Å². The van der Waals surface area contributed by atoms with Gasteiger partial charge in [0.2, 0.25) is 11.8 Å². The summed E-state index contributed by atoms with van der Waals surface area (Å²) >= 11 is 2.34. The van der Waals surface area contributed by atoms with E-state index in [0.717, 1.165) is 28.4 Å². The fourth-order valence-electron chi connectivity index (χ4n) is 2.13. The van der Waals surface area contributed by atoms with Gasteiger partial charge in [0.1, 0.15) is 0 Å². The van der Waals surface area contributed by atoms with Gasteiger partial charge in [0, 0.05) is 22.8 Å². The van der Waals surface area contributed by atoms with Crippen molar-refractivity contribution in [2.24, 2.45) is 0 Å². The van der Waals surface area contributed by atoms with Gasteiger partial charge in [0.15, 0.2) is 0 Å². The van der Waals surface area contributed by atoms with Gasteiger partial charge < -0.3 is 0 Å². The molecule has 1 fully saturated rings. The zero-order chi connectivity index (χ0) is 14.4. The third-order valence-electron chi connectivity index (χ3n) is 3.22. The molecule has 0 aromatic heterocycles. The minimum absolute atomic E-state index is 0.177. The van der Waals surface area contributed by atoms with E-state index in [9.17, 15) is 9.59 Å². The Morgan fingerprint density at radius 2 is 2.00 bits per heavy atom. The lowest BCUT2D eigenvalue weighted by Crippen LogP contribution is -2.39. The minimum atomic E-state index is -0.214. The number of rotatable bonds is 3. The Morgan fingerprint density at radius 3 is 2.65 bits per heavy atom. The van der Waals surface area contributed by atoms with E-state index >= 15 is 0 Å². The Balaban J connectivity index is 2.02. The van der Waals surface area contributed by atoms with Crippen LogP contribution in [-0.4, -0.2) is 16.2 Å². The van der Waals surface area contributed by atoms with Crippen LogP contribution in [0.3, 0.4) is 0 Å². The van der Waals surface area contributed by atoms with Crippen molar-refractivity contribution >= 4 is 34.4 Å². The Hall–Kier alpha value is -1.35. The summed E-state index contributed by atoms with van der Waals surface area (Å²) in [4.78, 5) is 22.9. The maximum atomic E-state index is 11.8. The van der Waals surface area contributed by atoms with E-state index in [2.05, 4.69) is 39.7 Å². The predicted octanol–water partition coefficient (Wildman–Crippen LogP) is 2.77. The Labute approximate surface area is 132 Å². The first-order valence-electron chi connectivity index (χ1n) is 6.69. The highest BCUT2D eigenvalue weighted by Gasteiger charge is 2.27. The summed E-state index contributed by atoms with van der Waals surface area (Å²) in [6, 6.07) is 7.75. The Kier molecular flexibility index (Phi) is 5.60. The third kappa shape index (κ3) is 4.07. The number of imide groups is 1. The number of hydrogen-bond donors (Lipinski definition) is 1. The molecule has 0 saturated carbocycles. The molecule has 1 N–H and O–H groups in total. The van der Waals surface area contributed by atoms with Crippen molar-refractivity contribution in [2.45, 2.75) is 31.6 Å². The second kappa shape index (κ2) is 7.44. The number of alkyl halides is 1. The number of nitrogens with one attached hydrogen (secondary N) is 1. The van der Waals surface area contributed by atoms with Gasteiger partial charge in [0.25, 0.3) is 0 Å². The number of amides is 2. The van der Waals surface area contributed by atoms with Crippen LogP contribution in [-0.2, 0) is 9.59 Å².